The van der Waals surface area contributed by atoms with Crippen LogP contribution in [0.2, 0.25) is 0 Å². The van der Waals surface area contributed by atoms with Gasteiger partial charge in [0.2, 0.25) is 0 Å². The number of hydrogen-bond acceptors (Lipinski definition) is 4. The van der Waals surface area contributed by atoms with E-state index < -0.39 is 0 Å². The SMILES string of the molecule is CSC1(CNC(C)c2ccc3c(c2)OCCO3)CCC1. The van der Waals surface area contributed by atoms with Gasteiger partial charge in [-0.15, -0.1) is 0 Å². The van der Waals surface area contributed by atoms with Crippen LogP contribution < -0.4 is 14.8 Å². The molecule has 1 aromatic rings. The molecule has 0 radical (unpaired) electrons. The number of fused-ring (bicyclic) bond motifs is 1. The first-order chi connectivity index (χ1) is 9.72. The number of benzene rings is 1. The van der Waals surface area contributed by atoms with E-state index in [1.54, 1.807) is 0 Å². The second-order valence-electron chi connectivity index (χ2n) is 5.75. The second kappa shape index (κ2) is 5.86. The maximum atomic E-state index is 5.66. The number of ether oxygens (including phenoxy) is 2. The molecule has 0 amide bonds. The summed E-state index contributed by atoms with van der Waals surface area (Å²) in [5.74, 6) is 1.75. The first kappa shape index (κ1) is 14.1. The van der Waals surface area contributed by atoms with Crippen LogP contribution in [0.3, 0.4) is 0 Å². The van der Waals surface area contributed by atoms with Crippen molar-refractivity contribution >= 4 is 11.8 Å². The minimum absolute atomic E-state index is 0.343. The number of rotatable bonds is 5. The Bertz CT molecular complexity index is 468. The van der Waals surface area contributed by atoms with E-state index >= 15 is 0 Å². The molecular formula is C16H23NO2S. The zero-order valence-corrected chi connectivity index (χ0v) is 13.1. The molecule has 20 heavy (non-hydrogen) atoms. The molecule has 110 valence electrons. The van der Waals surface area contributed by atoms with Crippen molar-refractivity contribution in [1.82, 2.24) is 5.32 Å². The topological polar surface area (TPSA) is 30.5 Å². The van der Waals surface area contributed by atoms with E-state index in [1.807, 2.05) is 17.8 Å². The van der Waals surface area contributed by atoms with Crippen molar-refractivity contribution < 1.29 is 9.47 Å². The lowest BCUT2D eigenvalue weighted by Gasteiger charge is -2.41. The highest BCUT2D eigenvalue weighted by Gasteiger charge is 2.36. The van der Waals surface area contributed by atoms with E-state index in [1.165, 1.54) is 24.8 Å². The molecular weight excluding hydrogens is 270 g/mol. The van der Waals surface area contributed by atoms with Crippen LogP contribution in [0.5, 0.6) is 11.5 Å². The zero-order valence-electron chi connectivity index (χ0n) is 12.3. The van der Waals surface area contributed by atoms with Gasteiger partial charge in [0.15, 0.2) is 11.5 Å². The van der Waals surface area contributed by atoms with Gasteiger partial charge in [0.1, 0.15) is 13.2 Å². The van der Waals surface area contributed by atoms with Crippen LogP contribution in [-0.2, 0) is 0 Å². The molecule has 0 aromatic heterocycles. The lowest BCUT2D eigenvalue weighted by Crippen LogP contribution is -2.44. The average Bonchev–Trinajstić information content (AvgIpc) is 2.46. The molecule has 4 heteroatoms. The van der Waals surface area contributed by atoms with E-state index in [4.69, 9.17) is 9.47 Å². The highest BCUT2D eigenvalue weighted by Crippen LogP contribution is 2.42. The van der Waals surface area contributed by atoms with Crippen molar-refractivity contribution in [3.05, 3.63) is 23.8 Å². The summed E-state index contributed by atoms with van der Waals surface area (Å²) >= 11 is 2.01. The smallest absolute Gasteiger partial charge is 0.161 e. The molecule has 3 rings (SSSR count). The molecule has 1 heterocycles. The fraction of sp³-hybridized carbons (Fsp3) is 0.625. The molecule has 1 atom stereocenters. The van der Waals surface area contributed by atoms with Crippen LogP contribution in [0, 0.1) is 0 Å². The Morgan fingerprint density at radius 1 is 1.25 bits per heavy atom. The molecule has 1 N–H and O–H groups in total. The van der Waals surface area contributed by atoms with Crippen molar-refractivity contribution in [3.8, 4) is 11.5 Å². The molecule has 2 aliphatic rings. The summed E-state index contributed by atoms with van der Waals surface area (Å²) in [4.78, 5) is 0. The molecule has 1 aliphatic heterocycles. The van der Waals surface area contributed by atoms with E-state index in [0.29, 0.717) is 24.0 Å². The van der Waals surface area contributed by atoms with Gasteiger partial charge >= 0.3 is 0 Å². The molecule has 0 saturated heterocycles. The monoisotopic (exact) mass is 293 g/mol. The van der Waals surface area contributed by atoms with Crippen LogP contribution in [0.25, 0.3) is 0 Å². The fourth-order valence-corrected chi connectivity index (χ4v) is 3.74. The van der Waals surface area contributed by atoms with Crippen LogP contribution in [0.4, 0.5) is 0 Å². The molecule has 3 nitrogen and oxygen atoms in total. The summed E-state index contributed by atoms with van der Waals surface area (Å²) in [6.45, 7) is 4.60. The molecule has 0 bridgehead atoms. The Morgan fingerprint density at radius 2 is 2.00 bits per heavy atom. The quantitative estimate of drug-likeness (QED) is 0.901. The maximum Gasteiger partial charge on any atom is 0.161 e. The third-order valence-corrected chi connectivity index (χ3v) is 5.91. The molecule has 1 fully saturated rings. The van der Waals surface area contributed by atoms with Gasteiger partial charge < -0.3 is 14.8 Å². The first-order valence-corrected chi connectivity index (χ1v) is 8.63. The normalized spacial score (nSPS) is 21.1. The van der Waals surface area contributed by atoms with Crippen LogP contribution in [-0.4, -0.2) is 30.8 Å². The average molecular weight is 293 g/mol. The van der Waals surface area contributed by atoms with Gasteiger partial charge in [-0.05, 0) is 43.7 Å². The second-order valence-corrected chi connectivity index (χ2v) is 7.02. The van der Waals surface area contributed by atoms with Gasteiger partial charge in [0.25, 0.3) is 0 Å². The number of nitrogens with one attached hydrogen (secondary N) is 1. The lowest BCUT2D eigenvalue weighted by atomic mass is 9.84. The van der Waals surface area contributed by atoms with E-state index in [-0.39, 0.29) is 0 Å². The Balaban J connectivity index is 1.63. The van der Waals surface area contributed by atoms with Crippen molar-refractivity contribution in [1.29, 1.82) is 0 Å². The zero-order chi connectivity index (χ0) is 14.0. The third kappa shape index (κ3) is 2.77. The maximum absolute atomic E-state index is 5.66. The predicted molar refractivity (Wildman–Crippen MR) is 83.9 cm³/mol. The highest BCUT2D eigenvalue weighted by atomic mass is 32.2. The van der Waals surface area contributed by atoms with Gasteiger partial charge in [-0.1, -0.05) is 12.5 Å². The fourth-order valence-electron chi connectivity index (χ4n) is 2.81. The Labute approximate surface area is 125 Å². The summed E-state index contributed by atoms with van der Waals surface area (Å²) in [5, 5.41) is 3.68. The van der Waals surface area contributed by atoms with E-state index in [2.05, 4.69) is 30.6 Å². The predicted octanol–water partition coefficient (Wildman–Crippen LogP) is 3.39. The molecule has 1 unspecified atom stereocenters. The molecule has 0 spiro atoms. The standard InChI is InChI=1S/C16H23NO2S/c1-12(17-11-16(20-2)6-3-7-16)13-4-5-14-15(10-13)19-9-8-18-14/h4-5,10,12,17H,3,6-9,11H2,1-2H3. The summed E-state index contributed by atoms with van der Waals surface area (Å²) < 4.78 is 11.7. The van der Waals surface area contributed by atoms with Gasteiger partial charge in [-0.25, -0.2) is 0 Å². The van der Waals surface area contributed by atoms with Crippen LogP contribution in [0.1, 0.15) is 37.8 Å². The summed E-state index contributed by atoms with van der Waals surface area (Å²) in [6, 6.07) is 6.61. The lowest BCUT2D eigenvalue weighted by molar-refractivity contribution is 0.171. The Hall–Kier alpha value is -0.870. The van der Waals surface area contributed by atoms with Gasteiger partial charge in [-0.2, -0.15) is 11.8 Å². The van der Waals surface area contributed by atoms with Gasteiger partial charge in [-0.3, -0.25) is 0 Å². The van der Waals surface area contributed by atoms with Crippen molar-refractivity contribution in [2.75, 3.05) is 26.0 Å². The molecule has 1 aromatic carbocycles. The van der Waals surface area contributed by atoms with Crippen LogP contribution >= 0.6 is 11.8 Å². The summed E-state index contributed by atoms with van der Waals surface area (Å²) in [7, 11) is 0. The van der Waals surface area contributed by atoms with Crippen LogP contribution in [0.15, 0.2) is 18.2 Å². The molecule has 1 saturated carbocycles. The summed E-state index contributed by atoms with van der Waals surface area (Å²) in [6.07, 6.45) is 6.29. The Kier molecular flexibility index (Phi) is 4.13. The molecule has 1 aliphatic carbocycles. The van der Waals surface area contributed by atoms with Crippen molar-refractivity contribution in [2.45, 2.75) is 37.0 Å². The number of hydrogen-bond donors (Lipinski definition) is 1. The van der Waals surface area contributed by atoms with Crippen molar-refractivity contribution in [3.63, 3.8) is 0 Å². The Morgan fingerprint density at radius 3 is 2.65 bits per heavy atom. The summed E-state index contributed by atoms with van der Waals surface area (Å²) in [5.41, 5.74) is 1.27. The van der Waals surface area contributed by atoms with Crippen molar-refractivity contribution in [2.24, 2.45) is 0 Å². The minimum atomic E-state index is 0.343. The minimum Gasteiger partial charge on any atom is -0.486 e. The van der Waals surface area contributed by atoms with E-state index in [9.17, 15) is 0 Å². The number of thioether (sulfide) groups is 1. The highest BCUT2D eigenvalue weighted by molar-refractivity contribution is 8.00. The first-order valence-electron chi connectivity index (χ1n) is 7.40. The van der Waals surface area contributed by atoms with Gasteiger partial charge in [0, 0.05) is 17.3 Å². The third-order valence-electron chi connectivity index (χ3n) is 4.49. The largest absolute Gasteiger partial charge is 0.486 e. The van der Waals surface area contributed by atoms with E-state index in [0.717, 1.165) is 18.0 Å². The van der Waals surface area contributed by atoms with Gasteiger partial charge in [0.05, 0.1) is 0 Å².